The molecule has 0 bridgehead atoms. The van der Waals surface area contributed by atoms with Crippen LogP contribution >= 0.6 is 11.6 Å². The zero-order valence-corrected chi connectivity index (χ0v) is 14.4. The Balaban J connectivity index is 1.71. The van der Waals surface area contributed by atoms with Crippen LogP contribution in [-0.2, 0) is 23.6 Å². The summed E-state index contributed by atoms with van der Waals surface area (Å²) in [6, 6.07) is 7.53. The molecule has 0 saturated heterocycles. The standard InChI is InChI=1S/C16H20ClN3OS/c1-11(12-6-8-14(17)9-7-12)22(21)10-15-18-19-16(20(15)2)13-4-3-5-13/h6-9,11,13H,3-5,10H2,1-2H3/t11-,22+/m0/s1. The lowest BCUT2D eigenvalue weighted by molar-refractivity contribution is 0.391. The van der Waals surface area contributed by atoms with Crippen molar-refractivity contribution in [2.24, 2.45) is 7.05 Å². The van der Waals surface area contributed by atoms with E-state index in [0.717, 1.165) is 17.2 Å². The Morgan fingerprint density at radius 3 is 2.59 bits per heavy atom. The fraction of sp³-hybridized carbons (Fsp3) is 0.500. The van der Waals surface area contributed by atoms with Crippen molar-refractivity contribution >= 4 is 22.4 Å². The van der Waals surface area contributed by atoms with E-state index in [1.54, 1.807) is 0 Å². The first-order valence-electron chi connectivity index (χ1n) is 7.57. The Labute approximate surface area is 138 Å². The fourth-order valence-corrected chi connectivity index (χ4v) is 4.00. The van der Waals surface area contributed by atoms with Gasteiger partial charge in [0.1, 0.15) is 11.6 Å². The van der Waals surface area contributed by atoms with E-state index in [0.29, 0.717) is 16.7 Å². The summed E-state index contributed by atoms with van der Waals surface area (Å²) in [4.78, 5) is 0. The second-order valence-electron chi connectivity index (χ2n) is 5.88. The van der Waals surface area contributed by atoms with Crippen molar-refractivity contribution in [2.45, 2.75) is 43.1 Å². The molecule has 6 heteroatoms. The molecule has 2 aromatic rings. The molecular weight excluding hydrogens is 318 g/mol. The van der Waals surface area contributed by atoms with E-state index < -0.39 is 10.8 Å². The molecule has 1 fully saturated rings. The molecule has 4 nitrogen and oxygen atoms in total. The summed E-state index contributed by atoms with van der Waals surface area (Å²) < 4.78 is 14.6. The summed E-state index contributed by atoms with van der Waals surface area (Å²) in [6.45, 7) is 1.97. The lowest BCUT2D eigenvalue weighted by Gasteiger charge is -2.24. The van der Waals surface area contributed by atoms with Crippen molar-refractivity contribution < 1.29 is 4.21 Å². The molecule has 0 amide bonds. The van der Waals surface area contributed by atoms with Crippen LogP contribution in [0, 0.1) is 0 Å². The Bertz CT molecular complexity index is 679. The van der Waals surface area contributed by atoms with E-state index in [1.807, 2.05) is 42.8 Å². The fourth-order valence-electron chi connectivity index (χ4n) is 2.66. The molecule has 3 rings (SSSR count). The van der Waals surface area contributed by atoms with Crippen LogP contribution in [0.3, 0.4) is 0 Å². The number of halogens is 1. The molecular formula is C16H20ClN3OS. The highest BCUT2D eigenvalue weighted by Gasteiger charge is 2.26. The minimum absolute atomic E-state index is 0.0545. The average Bonchev–Trinajstić information content (AvgIpc) is 2.79. The SMILES string of the molecule is C[C@@H](c1ccc(Cl)cc1)[S@](=O)Cc1nnc(C2CCC2)n1C. The highest BCUT2D eigenvalue weighted by atomic mass is 35.5. The molecule has 1 heterocycles. The van der Waals surface area contributed by atoms with Crippen LogP contribution in [-0.4, -0.2) is 19.0 Å². The summed E-state index contributed by atoms with van der Waals surface area (Å²) in [5.41, 5.74) is 1.03. The van der Waals surface area contributed by atoms with Gasteiger partial charge in [0.05, 0.1) is 11.0 Å². The summed E-state index contributed by atoms with van der Waals surface area (Å²) in [5.74, 6) is 2.81. The zero-order chi connectivity index (χ0) is 15.7. The smallest absolute Gasteiger partial charge is 0.145 e. The summed E-state index contributed by atoms with van der Waals surface area (Å²) in [5, 5.41) is 9.18. The van der Waals surface area contributed by atoms with Crippen LogP contribution in [0.4, 0.5) is 0 Å². The van der Waals surface area contributed by atoms with E-state index in [2.05, 4.69) is 10.2 Å². The van der Waals surface area contributed by atoms with Crippen LogP contribution in [0.2, 0.25) is 5.02 Å². The van der Waals surface area contributed by atoms with E-state index in [-0.39, 0.29) is 5.25 Å². The van der Waals surface area contributed by atoms with Gasteiger partial charge >= 0.3 is 0 Å². The number of aromatic nitrogens is 3. The van der Waals surface area contributed by atoms with E-state index in [1.165, 1.54) is 19.3 Å². The Morgan fingerprint density at radius 1 is 1.32 bits per heavy atom. The molecule has 1 aliphatic rings. The van der Waals surface area contributed by atoms with Gasteiger partial charge in [-0.1, -0.05) is 30.2 Å². The Morgan fingerprint density at radius 2 is 2.00 bits per heavy atom. The van der Waals surface area contributed by atoms with Crippen LogP contribution in [0.15, 0.2) is 24.3 Å². The maximum atomic E-state index is 12.6. The largest absolute Gasteiger partial charge is 0.317 e. The quantitative estimate of drug-likeness (QED) is 0.834. The first-order valence-corrected chi connectivity index (χ1v) is 9.33. The van der Waals surface area contributed by atoms with Gasteiger partial charge in [-0.25, -0.2) is 0 Å². The van der Waals surface area contributed by atoms with Crippen molar-refractivity contribution in [1.82, 2.24) is 14.8 Å². The number of rotatable bonds is 5. The molecule has 0 spiro atoms. The topological polar surface area (TPSA) is 47.8 Å². The summed E-state index contributed by atoms with van der Waals surface area (Å²) in [6.07, 6.45) is 3.65. The van der Waals surface area contributed by atoms with E-state index in [9.17, 15) is 4.21 Å². The molecule has 0 N–H and O–H groups in total. The van der Waals surface area contributed by atoms with Crippen LogP contribution < -0.4 is 0 Å². The highest BCUT2D eigenvalue weighted by Crippen LogP contribution is 2.35. The van der Waals surface area contributed by atoms with E-state index >= 15 is 0 Å². The molecule has 118 valence electrons. The molecule has 0 radical (unpaired) electrons. The van der Waals surface area contributed by atoms with Gasteiger partial charge in [0.15, 0.2) is 0 Å². The lowest BCUT2D eigenvalue weighted by atomic mass is 9.85. The van der Waals surface area contributed by atoms with Crippen molar-refractivity contribution in [2.75, 3.05) is 0 Å². The van der Waals surface area contributed by atoms with E-state index in [4.69, 9.17) is 11.6 Å². The second kappa shape index (κ2) is 6.50. The highest BCUT2D eigenvalue weighted by molar-refractivity contribution is 7.84. The monoisotopic (exact) mass is 337 g/mol. The second-order valence-corrected chi connectivity index (χ2v) is 8.07. The average molecular weight is 338 g/mol. The van der Waals surface area contributed by atoms with Crippen molar-refractivity contribution in [3.05, 3.63) is 46.5 Å². The molecule has 1 aromatic heterocycles. The minimum atomic E-state index is -1.03. The molecule has 1 aromatic carbocycles. The van der Waals surface area contributed by atoms with Gasteiger partial charge in [-0.2, -0.15) is 0 Å². The Hall–Kier alpha value is -1.20. The predicted octanol–water partition coefficient (Wildman–Crippen LogP) is 3.75. The van der Waals surface area contributed by atoms with Crippen molar-refractivity contribution in [1.29, 1.82) is 0 Å². The van der Waals surface area contributed by atoms with Crippen molar-refractivity contribution in [3.63, 3.8) is 0 Å². The summed E-state index contributed by atoms with van der Waals surface area (Å²) in [7, 11) is 0.945. The zero-order valence-electron chi connectivity index (χ0n) is 12.8. The number of hydrogen-bond acceptors (Lipinski definition) is 3. The lowest BCUT2D eigenvalue weighted by Crippen LogP contribution is -2.15. The van der Waals surface area contributed by atoms with Gasteiger partial charge in [-0.05, 0) is 37.5 Å². The van der Waals surface area contributed by atoms with Crippen LogP contribution in [0.5, 0.6) is 0 Å². The third kappa shape index (κ3) is 3.10. The molecule has 1 saturated carbocycles. The van der Waals surface area contributed by atoms with Gasteiger partial charge < -0.3 is 4.57 Å². The minimum Gasteiger partial charge on any atom is -0.317 e. The van der Waals surface area contributed by atoms with Crippen LogP contribution in [0.25, 0.3) is 0 Å². The maximum Gasteiger partial charge on any atom is 0.145 e. The molecule has 0 aliphatic heterocycles. The molecule has 1 aliphatic carbocycles. The molecule has 0 unspecified atom stereocenters. The van der Waals surface area contributed by atoms with Gasteiger partial charge in [0.25, 0.3) is 0 Å². The molecule has 22 heavy (non-hydrogen) atoms. The number of hydrogen-bond donors (Lipinski definition) is 0. The Kier molecular flexibility index (Phi) is 4.64. The van der Waals surface area contributed by atoms with Gasteiger partial charge in [-0.3, -0.25) is 4.21 Å². The maximum absolute atomic E-state index is 12.6. The number of nitrogens with zero attached hydrogens (tertiary/aromatic N) is 3. The molecule has 2 atom stereocenters. The van der Waals surface area contributed by atoms with Gasteiger partial charge in [-0.15, -0.1) is 10.2 Å². The van der Waals surface area contributed by atoms with Crippen LogP contribution in [0.1, 0.15) is 54.6 Å². The number of benzene rings is 1. The third-order valence-corrected chi connectivity index (χ3v) is 6.33. The third-order valence-electron chi connectivity index (χ3n) is 4.47. The van der Waals surface area contributed by atoms with Gasteiger partial charge in [0, 0.05) is 28.8 Å². The van der Waals surface area contributed by atoms with Crippen molar-refractivity contribution in [3.8, 4) is 0 Å². The summed E-state index contributed by atoms with van der Waals surface area (Å²) >= 11 is 5.90. The van der Waals surface area contributed by atoms with Gasteiger partial charge in [0.2, 0.25) is 0 Å². The predicted molar refractivity (Wildman–Crippen MR) is 89.3 cm³/mol. The first-order chi connectivity index (χ1) is 10.6. The first kappa shape index (κ1) is 15.7. The normalized spacial score (nSPS) is 18.0.